The molecule has 1 aliphatic carbocycles. The van der Waals surface area contributed by atoms with Crippen molar-refractivity contribution >= 4 is 17.7 Å². The highest BCUT2D eigenvalue weighted by molar-refractivity contribution is 6.30. The second-order valence-corrected chi connectivity index (χ2v) is 7.18. The third-order valence-electron chi connectivity index (χ3n) is 4.65. The minimum absolute atomic E-state index is 0.205. The average Bonchev–Trinajstić information content (AvgIpc) is 2.64. The van der Waals surface area contributed by atoms with Gasteiger partial charge in [-0.1, -0.05) is 29.5 Å². The Morgan fingerprint density at radius 3 is 2.54 bits per heavy atom. The summed E-state index contributed by atoms with van der Waals surface area (Å²) in [5, 5.41) is 0.619. The van der Waals surface area contributed by atoms with Crippen LogP contribution in [0.15, 0.2) is 36.9 Å². The molecular weight excluding hydrogens is 348 g/mol. The van der Waals surface area contributed by atoms with Crippen molar-refractivity contribution < 1.29 is 9.53 Å². The van der Waals surface area contributed by atoms with E-state index in [1.54, 1.807) is 36.2 Å². The zero-order valence-corrected chi connectivity index (χ0v) is 16.3. The fourth-order valence-corrected chi connectivity index (χ4v) is 3.17. The lowest BCUT2D eigenvalue weighted by molar-refractivity contribution is 0.129. The lowest BCUT2D eigenvalue weighted by Gasteiger charge is -2.32. The monoisotopic (exact) mass is 374 g/mol. The predicted octanol–water partition coefficient (Wildman–Crippen LogP) is 4.45. The number of benzene rings is 1. The maximum Gasteiger partial charge on any atom is 0.415 e. The van der Waals surface area contributed by atoms with Gasteiger partial charge in [-0.25, -0.2) is 4.79 Å². The van der Waals surface area contributed by atoms with E-state index in [-0.39, 0.29) is 12.1 Å². The van der Waals surface area contributed by atoms with E-state index in [0.717, 1.165) is 38.8 Å². The number of hydrogen-bond acceptors (Lipinski definition) is 3. The Morgan fingerprint density at radius 1 is 1.27 bits per heavy atom. The molecule has 1 amide bonds. The molecule has 0 N–H and O–H groups in total. The summed E-state index contributed by atoms with van der Waals surface area (Å²) >= 11 is 5.85. The van der Waals surface area contributed by atoms with Crippen molar-refractivity contribution in [2.75, 3.05) is 27.2 Å². The highest BCUT2D eigenvalue weighted by Crippen LogP contribution is 2.27. The van der Waals surface area contributed by atoms with E-state index in [1.165, 1.54) is 0 Å². The second kappa shape index (κ2) is 10.3. The molecule has 0 unspecified atom stereocenters. The molecule has 140 valence electrons. The number of carbonyl (C=O) groups excluding carboxylic acids is 1. The van der Waals surface area contributed by atoms with Gasteiger partial charge in [-0.2, -0.15) is 0 Å². The Labute approximate surface area is 161 Å². The second-order valence-electron chi connectivity index (χ2n) is 6.74. The zero-order chi connectivity index (χ0) is 18.9. The molecule has 0 bridgehead atoms. The zero-order valence-electron chi connectivity index (χ0n) is 15.6. The van der Waals surface area contributed by atoms with Crippen LogP contribution in [-0.2, 0) is 0 Å². The van der Waals surface area contributed by atoms with E-state index < -0.39 is 0 Å². The fraction of sp³-hybridized carbons (Fsp3) is 0.476. The van der Waals surface area contributed by atoms with Gasteiger partial charge >= 0.3 is 6.09 Å². The molecule has 0 radical (unpaired) electrons. The van der Waals surface area contributed by atoms with Gasteiger partial charge in [0.05, 0.1) is 6.54 Å². The van der Waals surface area contributed by atoms with Crippen molar-refractivity contribution in [3.8, 4) is 17.6 Å². The van der Waals surface area contributed by atoms with Crippen LogP contribution in [0.4, 0.5) is 4.79 Å². The SMILES string of the molecule is C=CCN(C)CC#C[C@H]1CC[C@H](N(C)C(=O)Oc2ccc(Cl)cc2)CC1. The Hall–Kier alpha value is -1.96. The van der Waals surface area contributed by atoms with Crippen molar-refractivity contribution in [2.45, 2.75) is 31.7 Å². The Balaban J connectivity index is 1.77. The topological polar surface area (TPSA) is 32.8 Å². The largest absolute Gasteiger partial charge is 0.415 e. The van der Waals surface area contributed by atoms with Gasteiger partial charge in [-0.3, -0.25) is 4.90 Å². The van der Waals surface area contributed by atoms with E-state index in [2.05, 4.69) is 23.3 Å². The van der Waals surface area contributed by atoms with Crippen LogP contribution in [0.1, 0.15) is 25.7 Å². The minimum Gasteiger partial charge on any atom is -0.410 e. The van der Waals surface area contributed by atoms with E-state index in [1.807, 2.05) is 13.1 Å². The smallest absolute Gasteiger partial charge is 0.410 e. The first kappa shape index (κ1) is 20.4. The average molecular weight is 375 g/mol. The molecule has 1 aliphatic rings. The molecule has 5 heteroatoms. The van der Waals surface area contributed by atoms with Crippen LogP contribution in [0.25, 0.3) is 0 Å². The van der Waals surface area contributed by atoms with Crippen molar-refractivity contribution in [1.29, 1.82) is 0 Å². The number of nitrogens with zero attached hydrogens (tertiary/aromatic N) is 2. The third-order valence-corrected chi connectivity index (χ3v) is 4.90. The molecule has 0 spiro atoms. The first-order valence-corrected chi connectivity index (χ1v) is 9.35. The highest BCUT2D eigenvalue weighted by Gasteiger charge is 2.26. The molecule has 0 heterocycles. The van der Waals surface area contributed by atoms with Gasteiger partial charge in [-0.05, 0) is 57.0 Å². The van der Waals surface area contributed by atoms with E-state index in [9.17, 15) is 4.79 Å². The molecule has 26 heavy (non-hydrogen) atoms. The van der Waals surface area contributed by atoms with Crippen LogP contribution in [0, 0.1) is 17.8 Å². The Morgan fingerprint density at radius 2 is 1.92 bits per heavy atom. The summed E-state index contributed by atoms with van der Waals surface area (Å²) in [7, 11) is 3.84. The summed E-state index contributed by atoms with van der Waals surface area (Å²) in [6, 6.07) is 7.02. The first-order valence-electron chi connectivity index (χ1n) is 8.97. The van der Waals surface area contributed by atoms with Crippen molar-refractivity contribution in [2.24, 2.45) is 5.92 Å². The van der Waals surface area contributed by atoms with Gasteiger partial charge in [-0.15, -0.1) is 6.58 Å². The summed E-state index contributed by atoms with van der Waals surface area (Å²) in [5.74, 6) is 7.56. The van der Waals surface area contributed by atoms with Crippen LogP contribution < -0.4 is 4.74 Å². The standard InChI is InChI=1S/C21H27ClN2O2/c1-4-15-23(2)16-5-6-17-7-11-19(12-8-17)24(3)21(25)26-20-13-9-18(22)10-14-20/h4,9-10,13-14,17,19H,1,7-8,11-12,15-16H2,2-3H3/t17-,19-. The maximum absolute atomic E-state index is 12.3. The van der Waals surface area contributed by atoms with Crippen LogP contribution in [0.3, 0.4) is 0 Å². The summed E-state index contributed by atoms with van der Waals surface area (Å²) in [4.78, 5) is 16.2. The Bertz CT molecular complexity index is 655. The summed E-state index contributed by atoms with van der Waals surface area (Å²) in [6.45, 7) is 5.34. The van der Waals surface area contributed by atoms with Crippen LogP contribution in [0.2, 0.25) is 5.02 Å². The molecule has 1 fully saturated rings. The van der Waals surface area contributed by atoms with E-state index in [4.69, 9.17) is 16.3 Å². The number of halogens is 1. The molecule has 1 aromatic carbocycles. The maximum atomic E-state index is 12.3. The molecule has 2 rings (SSSR count). The molecule has 0 saturated heterocycles. The lowest BCUT2D eigenvalue weighted by Crippen LogP contribution is -2.40. The van der Waals surface area contributed by atoms with Gasteiger partial charge in [0, 0.05) is 30.6 Å². The number of rotatable bonds is 5. The molecular formula is C21H27ClN2O2. The number of hydrogen-bond donors (Lipinski definition) is 0. The quantitative estimate of drug-likeness (QED) is 0.563. The molecule has 0 aliphatic heterocycles. The van der Waals surface area contributed by atoms with Gasteiger partial charge < -0.3 is 9.64 Å². The fourth-order valence-electron chi connectivity index (χ4n) is 3.04. The van der Waals surface area contributed by atoms with Gasteiger partial charge in [0.2, 0.25) is 0 Å². The normalized spacial score (nSPS) is 19.4. The highest BCUT2D eigenvalue weighted by atomic mass is 35.5. The van der Waals surface area contributed by atoms with Gasteiger partial charge in [0.1, 0.15) is 5.75 Å². The molecule has 0 atom stereocenters. The minimum atomic E-state index is -0.326. The summed E-state index contributed by atoms with van der Waals surface area (Å²) in [5.41, 5.74) is 0. The predicted molar refractivity (Wildman–Crippen MR) is 106 cm³/mol. The summed E-state index contributed by atoms with van der Waals surface area (Å²) < 4.78 is 5.41. The number of amides is 1. The number of likely N-dealkylation sites (N-methyl/N-ethyl adjacent to an activating group) is 1. The number of carbonyl (C=O) groups is 1. The van der Waals surface area contributed by atoms with Crippen molar-refractivity contribution in [1.82, 2.24) is 9.80 Å². The van der Waals surface area contributed by atoms with Gasteiger partial charge in [0.15, 0.2) is 0 Å². The van der Waals surface area contributed by atoms with Crippen LogP contribution in [0.5, 0.6) is 5.75 Å². The van der Waals surface area contributed by atoms with Crippen molar-refractivity contribution in [3.05, 3.63) is 41.9 Å². The summed E-state index contributed by atoms with van der Waals surface area (Å²) in [6.07, 6.45) is 5.49. The van der Waals surface area contributed by atoms with E-state index in [0.29, 0.717) is 16.7 Å². The lowest BCUT2D eigenvalue weighted by atomic mass is 9.86. The van der Waals surface area contributed by atoms with Gasteiger partial charge in [0.25, 0.3) is 0 Å². The number of ether oxygens (including phenoxy) is 1. The third kappa shape index (κ3) is 6.40. The molecule has 0 aromatic heterocycles. The first-order chi connectivity index (χ1) is 12.5. The van der Waals surface area contributed by atoms with Crippen molar-refractivity contribution in [3.63, 3.8) is 0 Å². The van der Waals surface area contributed by atoms with Crippen LogP contribution >= 0.6 is 11.6 Å². The van der Waals surface area contributed by atoms with Crippen LogP contribution in [-0.4, -0.2) is 49.1 Å². The molecule has 1 saturated carbocycles. The Kier molecular flexibility index (Phi) is 8.03. The van der Waals surface area contributed by atoms with E-state index >= 15 is 0 Å². The molecule has 1 aromatic rings. The molecule has 4 nitrogen and oxygen atoms in total.